The van der Waals surface area contributed by atoms with Crippen LogP contribution in [0.5, 0.6) is 0 Å². The van der Waals surface area contributed by atoms with Gasteiger partial charge in [-0.05, 0) is 18.4 Å². The van der Waals surface area contributed by atoms with Crippen LogP contribution in [0.4, 0.5) is 0 Å². The lowest BCUT2D eigenvalue weighted by atomic mass is 10.3. The minimum absolute atomic E-state index is 0.0278. The van der Waals surface area contributed by atoms with Crippen molar-refractivity contribution in [3.63, 3.8) is 0 Å². The van der Waals surface area contributed by atoms with E-state index in [4.69, 9.17) is 11.6 Å². The number of carbonyl (C=O) groups excluding carboxylic acids is 1. The van der Waals surface area contributed by atoms with Crippen molar-refractivity contribution in [1.29, 1.82) is 0 Å². The number of carbonyl (C=O) groups is 1. The second-order valence-electron chi connectivity index (χ2n) is 3.10. The molecule has 2 heterocycles. The maximum Gasteiger partial charge on any atom is 0.238 e. The zero-order valence-corrected chi connectivity index (χ0v) is 9.36. The van der Waals surface area contributed by atoms with Gasteiger partial charge in [0, 0.05) is 6.54 Å². The molecule has 1 aliphatic heterocycles. The minimum Gasteiger partial charge on any atom is -0.321 e. The molecular formula is C9H11ClN2OS. The Hall–Kier alpha value is -0.580. The third kappa shape index (κ3) is 1.54. The number of thiophene rings is 1. The molecule has 0 aliphatic carbocycles. The smallest absolute Gasteiger partial charge is 0.238 e. The first-order chi connectivity index (χ1) is 6.74. The summed E-state index contributed by atoms with van der Waals surface area (Å²) in [6.07, 6.45) is -0.0278. The molecule has 0 spiro atoms. The molecule has 1 fully saturated rings. The van der Waals surface area contributed by atoms with Gasteiger partial charge >= 0.3 is 0 Å². The monoisotopic (exact) mass is 230 g/mol. The number of likely N-dealkylation sites (N-methyl/N-ethyl adjacent to an activating group) is 1. The Morgan fingerprint density at radius 3 is 3.14 bits per heavy atom. The number of halogens is 1. The van der Waals surface area contributed by atoms with E-state index in [-0.39, 0.29) is 12.1 Å². The highest BCUT2D eigenvalue weighted by atomic mass is 35.5. The maximum atomic E-state index is 11.4. The first kappa shape index (κ1) is 9.96. The zero-order chi connectivity index (χ0) is 10.1. The van der Waals surface area contributed by atoms with E-state index in [1.54, 1.807) is 16.2 Å². The van der Waals surface area contributed by atoms with Gasteiger partial charge in [0.25, 0.3) is 0 Å². The molecule has 1 aromatic heterocycles. The molecule has 76 valence electrons. The first-order valence-corrected chi connectivity index (χ1v) is 5.75. The van der Waals surface area contributed by atoms with Crippen LogP contribution in [0.25, 0.3) is 0 Å². The van der Waals surface area contributed by atoms with E-state index >= 15 is 0 Å². The Morgan fingerprint density at radius 1 is 1.79 bits per heavy atom. The summed E-state index contributed by atoms with van der Waals surface area (Å²) < 4.78 is 0. The number of hydrogen-bond acceptors (Lipinski definition) is 3. The highest BCUT2D eigenvalue weighted by Crippen LogP contribution is 2.32. The number of rotatable bonds is 2. The molecule has 2 rings (SSSR count). The second kappa shape index (κ2) is 3.88. The van der Waals surface area contributed by atoms with Crippen molar-refractivity contribution in [3.05, 3.63) is 21.3 Å². The van der Waals surface area contributed by atoms with Gasteiger partial charge in [-0.15, -0.1) is 11.3 Å². The maximum absolute atomic E-state index is 11.4. The minimum atomic E-state index is -0.0278. The topological polar surface area (TPSA) is 32.3 Å². The van der Waals surface area contributed by atoms with Crippen molar-refractivity contribution in [2.75, 3.05) is 13.1 Å². The van der Waals surface area contributed by atoms with Gasteiger partial charge in [0.15, 0.2) is 0 Å². The summed E-state index contributed by atoms with van der Waals surface area (Å²) in [6, 6.07) is 1.86. The molecule has 0 bridgehead atoms. The summed E-state index contributed by atoms with van der Waals surface area (Å²) in [7, 11) is 0. The summed E-state index contributed by atoms with van der Waals surface area (Å²) in [5.41, 5.74) is 0. The van der Waals surface area contributed by atoms with E-state index in [0.29, 0.717) is 13.1 Å². The molecule has 0 saturated carbocycles. The van der Waals surface area contributed by atoms with E-state index in [0.717, 1.165) is 9.90 Å². The van der Waals surface area contributed by atoms with Crippen LogP contribution in [0.2, 0.25) is 5.02 Å². The summed E-state index contributed by atoms with van der Waals surface area (Å²) in [5, 5.41) is 5.83. The summed E-state index contributed by atoms with van der Waals surface area (Å²) in [4.78, 5) is 14.3. The fourth-order valence-corrected chi connectivity index (χ4v) is 2.88. The molecule has 1 amide bonds. The normalized spacial score (nSPS) is 22.0. The van der Waals surface area contributed by atoms with E-state index < -0.39 is 0 Å². The molecule has 1 saturated heterocycles. The molecule has 1 N–H and O–H groups in total. The van der Waals surface area contributed by atoms with Crippen molar-refractivity contribution in [2.24, 2.45) is 0 Å². The Labute approximate surface area is 91.7 Å². The Bertz CT molecular complexity index is 352. The fourth-order valence-electron chi connectivity index (χ4n) is 1.63. The highest BCUT2D eigenvalue weighted by Gasteiger charge is 2.32. The lowest BCUT2D eigenvalue weighted by Gasteiger charge is -2.21. The van der Waals surface area contributed by atoms with Gasteiger partial charge < -0.3 is 4.90 Å². The molecular weight excluding hydrogens is 220 g/mol. The van der Waals surface area contributed by atoms with Gasteiger partial charge in [-0.25, -0.2) is 0 Å². The van der Waals surface area contributed by atoms with Crippen LogP contribution < -0.4 is 5.32 Å². The van der Waals surface area contributed by atoms with Gasteiger partial charge in [0.2, 0.25) is 5.91 Å². The summed E-state index contributed by atoms with van der Waals surface area (Å²) in [6.45, 7) is 3.09. The van der Waals surface area contributed by atoms with E-state index in [2.05, 4.69) is 5.32 Å². The van der Waals surface area contributed by atoms with Crippen LogP contribution in [0.1, 0.15) is 18.0 Å². The molecule has 0 radical (unpaired) electrons. The Kier molecular flexibility index (Phi) is 2.76. The first-order valence-electron chi connectivity index (χ1n) is 4.49. The SMILES string of the molecule is CCN1C(=O)CNC1c1sccc1Cl. The van der Waals surface area contributed by atoms with Gasteiger partial charge in [-0.1, -0.05) is 11.6 Å². The van der Waals surface area contributed by atoms with Crippen LogP contribution in [0.15, 0.2) is 11.4 Å². The van der Waals surface area contributed by atoms with Gasteiger partial charge in [-0.2, -0.15) is 0 Å². The van der Waals surface area contributed by atoms with Gasteiger partial charge in [-0.3, -0.25) is 10.1 Å². The molecule has 0 aromatic carbocycles. The largest absolute Gasteiger partial charge is 0.321 e. The van der Waals surface area contributed by atoms with Crippen LogP contribution in [-0.2, 0) is 4.79 Å². The van der Waals surface area contributed by atoms with Crippen molar-refractivity contribution < 1.29 is 4.79 Å². The van der Waals surface area contributed by atoms with Crippen LogP contribution in [0.3, 0.4) is 0 Å². The molecule has 1 atom stereocenters. The average molecular weight is 231 g/mol. The quantitative estimate of drug-likeness (QED) is 0.841. The average Bonchev–Trinajstić information content (AvgIpc) is 2.71. The second-order valence-corrected chi connectivity index (χ2v) is 4.45. The molecule has 5 heteroatoms. The van der Waals surface area contributed by atoms with Crippen LogP contribution in [-0.4, -0.2) is 23.9 Å². The number of hydrogen-bond donors (Lipinski definition) is 1. The highest BCUT2D eigenvalue weighted by molar-refractivity contribution is 7.10. The molecule has 1 aliphatic rings. The number of nitrogens with one attached hydrogen (secondary N) is 1. The summed E-state index contributed by atoms with van der Waals surface area (Å²) >= 11 is 7.60. The van der Waals surface area contributed by atoms with Crippen molar-refractivity contribution >= 4 is 28.8 Å². The molecule has 3 nitrogen and oxygen atoms in total. The molecule has 1 unspecified atom stereocenters. The Balaban J connectivity index is 2.27. The standard InChI is InChI=1S/C9H11ClN2OS/c1-2-12-7(13)5-11-9(12)8-6(10)3-4-14-8/h3-4,9,11H,2,5H2,1H3. The predicted octanol–water partition coefficient (Wildman–Crippen LogP) is 1.85. The summed E-state index contributed by atoms with van der Waals surface area (Å²) in [5.74, 6) is 0.141. The van der Waals surface area contributed by atoms with E-state index in [1.165, 1.54) is 0 Å². The number of nitrogens with zero attached hydrogens (tertiary/aromatic N) is 1. The molecule has 1 aromatic rings. The number of amides is 1. The lowest BCUT2D eigenvalue weighted by Crippen LogP contribution is -2.29. The Morgan fingerprint density at radius 2 is 2.57 bits per heavy atom. The molecule has 14 heavy (non-hydrogen) atoms. The van der Waals surface area contributed by atoms with E-state index in [1.807, 2.05) is 18.4 Å². The third-order valence-electron chi connectivity index (χ3n) is 2.31. The third-order valence-corrected chi connectivity index (χ3v) is 3.72. The van der Waals surface area contributed by atoms with Gasteiger partial charge in [0.1, 0.15) is 6.17 Å². The van der Waals surface area contributed by atoms with E-state index in [9.17, 15) is 4.79 Å². The lowest BCUT2D eigenvalue weighted by molar-refractivity contribution is -0.127. The zero-order valence-electron chi connectivity index (χ0n) is 7.79. The van der Waals surface area contributed by atoms with Gasteiger partial charge in [0.05, 0.1) is 16.4 Å². The van der Waals surface area contributed by atoms with Crippen molar-refractivity contribution in [3.8, 4) is 0 Å². The van der Waals surface area contributed by atoms with Crippen molar-refractivity contribution in [1.82, 2.24) is 10.2 Å². The van der Waals surface area contributed by atoms with Crippen LogP contribution in [0, 0.1) is 0 Å². The van der Waals surface area contributed by atoms with Crippen LogP contribution >= 0.6 is 22.9 Å². The predicted molar refractivity (Wildman–Crippen MR) is 57.5 cm³/mol. The van der Waals surface area contributed by atoms with Crippen molar-refractivity contribution in [2.45, 2.75) is 13.1 Å². The fraction of sp³-hybridized carbons (Fsp3) is 0.444.